The third kappa shape index (κ3) is 2.25. The van der Waals surface area contributed by atoms with E-state index in [1.807, 2.05) is 5.51 Å². The Labute approximate surface area is 98.8 Å². The molecule has 1 heterocycles. The molecular formula is C11H16N2O2S. The highest BCUT2D eigenvalue weighted by molar-refractivity contribution is 7.09. The van der Waals surface area contributed by atoms with Gasteiger partial charge in [-0.3, -0.25) is 4.79 Å². The average Bonchev–Trinajstić information content (AvgIpc) is 2.77. The van der Waals surface area contributed by atoms with E-state index in [2.05, 4.69) is 9.72 Å². The highest BCUT2D eigenvalue weighted by atomic mass is 32.1. The van der Waals surface area contributed by atoms with Crippen molar-refractivity contribution in [3.8, 4) is 0 Å². The number of hydrogen-bond acceptors (Lipinski definition) is 5. The summed E-state index contributed by atoms with van der Waals surface area (Å²) in [6.07, 6.45) is 3.99. The topological polar surface area (TPSA) is 65.2 Å². The Balaban J connectivity index is 2.05. The molecule has 2 atom stereocenters. The molecule has 4 nitrogen and oxygen atoms in total. The number of nitrogens with two attached hydrogens (primary N) is 1. The number of aromatic nitrogens is 1. The number of esters is 1. The molecule has 0 radical (unpaired) electrons. The second-order valence-electron chi connectivity index (χ2n) is 4.12. The summed E-state index contributed by atoms with van der Waals surface area (Å²) in [5, 5.41) is 0. The molecule has 16 heavy (non-hydrogen) atoms. The third-order valence-electron chi connectivity index (χ3n) is 3.06. The lowest BCUT2D eigenvalue weighted by atomic mass is 9.86. The lowest BCUT2D eigenvalue weighted by Crippen LogP contribution is -2.33. The van der Waals surface area contributed by atoms with Crippen LogP contribution in [0.15, 0.2) is 5.51 Å². The summed E-state index contributed by atoms with van der Waals surface area (Å²) in [6.45, 7) is 0. The zero-order chi connectivity index (χ0) is 11.5. The molecule has 0 saturated heterocycles. The first-order chi connectivity index (χ1) is 7.72. The predicted octanol–water partition coefficient (Wildman–Crippen LogP) is 1.45. The van der Waals surface area contributed by atoms with Crippen LogP contribution in [0.25, 0.3) is 0 Å². The van der Waals surface area contributed by atoms with Gasteiger partial charge in [-0.1, -0.05) is 0 Å². The number of carbonyl (C=O) groups excluding carboxylic acids is 1. The second kappa shape index (κ2) is 4.93. The average molecular weight is 240 g/mol. The minimum absolute atomic E-state index is 0.323. The van der Waals surface area contributed by atoms with Crippen LogP contribution in [0.4, 0.5) is 0 Å². The predicted molar refractivity (Wildman–Crippen MR) is 62.4 cm³/mol. The van der Waals surface area contributed by atoms with Gasteiger partial charge in [-0.05, 0) is 25.7 Å². The van der Waals surface area contributed by atoms with Gasteiger partial charge in [0.25, 0.3) is 0 Å². The molecule has 0 amide bonds. The van der Waals surface area contributed by atoms with E-state index < -0.39 is 6.04 Å². The number of thiazole rings is 1. The Kier molecular flexibility index (Phi) is 3.56. The second-order valence-corrected chi connectivity index (χ2v) is 5.05. The van der Waals surface area contributed by atoms with Gasteiger partial charge < -0.3 is 10.5 Å². The van der Waals surface area contributed by atoms with Crippen molar-refractivity contribution in [2.75, 3.05) is 7.11 Å². The number of methoxy groups -OCH3 is 1. The Morgan fingerprint density at radius 3 is 3.38 bits per heavy atom. The van der Waals surface area contributed by atoms with E-state index in [1.54, 1.807) is 11.3 Å². The van der Waals surface area contributed by atoms with Crippen LogP contribution in [0, 0.1) is 0 Å². The molecule has 0 spiro atoms. The van der Waals surface area contributed by atoms with Crippen LogP contribution in [-0.4, -0.2) is 24.1 Å². The Morgan fingerprint density at radius 2 is 2.62 bits per heavy atom. The highest BCUT2D eigenvalue weighted by Crippen LogP contribution is 2.35. The van der Waals surface area contributed by atoms with Gasteiger partial charge in [-0.15, -0.1) is 11.3 Å². The van der Waals surface area contributed by atoms with Gasteiger partial charge in [-0.2, -0.15) is 0 Å². The van der Waals surface area contributed by atoms with Crippen molar-refractivity contribution < 1.29 is 9.53 Å². The number of rotatable bonds is 3. The van der Waals surface area contributed by atoms with E-state index >= 15 is 0 Å². The van der Waals surface area contributed by atoms with E-state index in [4.69, 9.17) is 5.73 Å². The van der Waals surface area contributed by atoms with Crippen molar-refractivity contribution in [1.82, 2.24) is 4.98 Å². The van der Waals surface area contributed by atoms with Crippen LogP contribution in [0.5, 0.6) is 0 Å². The molecule has 2 unspecified atom stereocenters. The van der Waals surface area contributed by atoms with E-state index in [9.17, 15) is 4.79 Å². The van der Waals surface area contributed by atoms with Crippen molar-refractivity contribution in [2.24, 2.45) is 5.73 Å². The van der Waals surface area contributed by atoms with Crippen molar-refractivity contribution in [3.63, 3.8) is 0 Å². The molecule has 1 aromatic heterocycles. The molecule has 5 heteroatoms. The van der Waals surface area contributed by atoms with Crippen molar-refractivity contribution >= 4 is 17.3 Å². The standard InChI is InChI=1S/C11H16N2O2S/c1-15-11(14)8(12)5-7-3-2-4-9-10(7)13-6-16-9/h6-8H,2-5,12H2,1H3. The quantitative estimate of drug-likeness (QED) is 0.812. The van der Waals surface area contributed by atoms with Crippen LogP contribution >= 0.6 is 11.3 Å². The van der Waals surface area contributed by atoms with Crippen LogP contribution in [0.2, 0.25) is 0 Å². The van der Waals surface area contributed by atoms with Gasteiger partial charge in [0.15, 0.2) is 0 Å². The lowest BCUT2D eigenvalue weighted by Gasteiger charge is -2.23. The molecule has 0 bridgehead atoms. The van der Waals surface area contributed by atoms with Gasteiger partial charge in [-0.25, -0.2) is 4.98 Å². The number of hydrogen-bond donors (Lipinski definition) is 1. The maximum Gasteiger partial charge on any atom is 0.322 e. The Bertz CT molecular complexity index is 378. The highest BCUT2D eigenvalue weighted by Gasteiger charge is 2.27. The molecule has 0 aliphatic heterocycles. The maximum atomic E-state index is 11.3. The molecule has 0 fully saturated rings. The Hall–Kier alpha value is -0.940. The van der Waals surface area contributed by atoms with E-state index in [-0.39, 0.29) is 5.97 Å². The molecule has 1 aliphatic carbocycles. The summed E-state index contributed by atoms with van der Waals surface area (Å²) in [6, 6.07) is -0.525. The summed E-state index contributed by atoms with van der Waals surface area (Å²) in [5.41, 5.74) is 8.82. The van der Waals surface area contributed by atoms with Crippen molar-refractivity contribution in [1.29, 1.82) is 0 Å². The van der Waals surface area contributed by atoms with Gasteiger partial charge in [0.2, 0.25) is 0 Å². The van der Waals surface area contributed by atoms with Crippen molar-refractivity contribution in [2.45, 2.75) is 37.6 Å². The summed E-state index contributed by atoms with van der Waals surface area (Å²) < 4.78 is 4.64. The van der Waals surface area contributed by atoms with Crippen LogP contribution in [0.3, 0.4) is 0 Å². The summed E-state index contributed by atoms with van der Waals surface area (Å²) in [4.78, 5) is 17.0. The maximum absolute atomic E-state index is 11.3. The number of carbonyl (C=O) groups is 1. The van der Waals surface area contributed by atoms with Crippen LogP contribution < -0.4 is 5.73 Å². The number of aryl methyl sites for hydroxylation is 1. The SMILES string of the molecule is COC(=O)C(N)CC1CCCc2scnc21. The number of ether oxygens (including phenoxy) is 1. The molecule has 1 aromatic rings. The fourth-order valence-corrected chi connectivity index (χ4v) is 3.12. The summed E-state index contributed by atoms with van der Waals surface area (Å²) in [7, 11) is 1.37. The van der Waals surface area contributed by atoms with Crippen molar-refractivity contribution in [3.05, 3.63) is 16.1 Å². The van der Waals surface area contributed by atoms with Crippen LogP contribution in [-0.2, 0) is 16.0 Å². The molecule has 2 N–H and O–H groups in total. The van der Waals surface area contributed by atoms with E-state index in [0.717, 1.165) is 25.0 Å². The first-order valence-corrected chi connectivity index (χ1v) is 6.36. The Morgan fingerprint density at radius 1 is 1.81 bits per heavy atom. The molecule has 2 rings (SSSR count). The van der Waals surface area contributed by atoms with E-state index in [1.165, 1.54) is 12.0 Å². The zero-order valence-corrected chi connectivity index (χ0v) is 10.1. The van der Waals surface area contributed by atoms with E-state index in [0.29, 0.717) is 12.3 Å². The lowest BCUT2D eigenvalue weighted by molar-refractivity contribution is -0.142. The van der Waals surface area contributed by atoms with Gasteiger partial charge >= 0.3 is 5.97 Å². The first-order valence-electron chi connectivity index (χ1n) is 5.48. The molecule has 0 aromatic carbocycles. The minimum Gasteiger partial charge on any atom is -0.468 e. The largest absolute Gasteiger partial charge is 0.468 e. The van der Waals surface area contributed by atoms with Gasteiger partial charge in [0.1, 0.15) is 6.04 Å². The monoisotopic (exact) mass is 240 g/mol. The third-order valence-corrected chi connectivity index (χ3v) is 3.97. The number of fused-ring (bicyclic) bond motifs is 1. The fourth-order valence-electron chi connectivity index (χ4n) is 2.23. The minimum atomic E-state index is -0.525. The first kappa shape index (κ1) is 11.5. The fraction of sp³-hybridized carbons (Fsp3) is 0.636. The van der Waals surface area contributed by atoms with Crippen LogP contribution in [0.1, 0.15) is 35.8 Å². The smallest absolute Gasteiger partial charge is 0.322 e. The number of nitrogens with zero attached hydrogens (tertiary/aromatic N) is 1. The molecule has 88 valence electrons. The normalized spacial score (nSPS) is 21.2. The van der Waals surface area contributed by atoms with Gasteiger partial charge in [0, 0.05) is 10.8 Å². The summed E-state index contributed by atoms with van der Waals surface area (Å²) >= 11 is 1.70. The zero-order valence-electron chi connectivity index (χ0n) is 9.31. The molecule has 0 saturated carbocycles. The molecular weight excluding hydrogens is 224 g/mol. The van der Waals surface area contributed by atoms with Gasteiger partial charge in [0.05, 0.1) is 18.3 Å². The summed E-state index contributed by atoms with van der Waals surface area (Å²) in [5.74, 6) is -0.00791. The molecule has 1 aliphatic rings.